The Morgan fingerprint density at radius 2 is 2.04 bits per heavy atom. The van der Waals surface area contributed by atoms with Crippen LogP contribution in [0.3, 0.4) is 0 Å². The molecule has 3 heterocycles. The highest BCUT2D eigenvalue weighted by atomic mass is 16.5. The summed E-state index contributed by atoms with van der Waals surface area (Å²) in [7, 11) is 1.93. The summed E-state index contributed by atoms with van der Waals surface area (Å²) in [6, 6.07) is -0.133. The van der Waals surface area contributed by atoms with Crippen LogP contribution in [-0.2, 0) is 24.6 Å². The van der Waals surface area contributed by atoms with Crippen LogP contribution in [0.1, 0.15) is 57.6 Å². The maximum absolute atomic E-state index is 13.3. The SMILES string of the molecule is Cc1nn(C)c(C)c1C1COCCN1C(=O)c1noc2c1CCCC2. The van der Waals surface area contributed by atoms with Gasteiger partial charge in [-0.1, -0.05) is 5.16 Å². The number of amides is 1. The lowest BCUT2D eigenvalue weighted by Gasteiger charge is -2.35. The standard InChI is InChI=1S/C18H24N4O3/c1-11-16(12(2)21(3)19-11)14-10-24-9-8-22(14)18(23)17-13-6-4-5-7-15(13)25-20-17/h14H,4-10H2,1-3H3. The van der Waals surface area contributed by atoms with E-state index in [9.17, 15) is 4.79 Å². The average molecular weight is 344 g/mol. The summed E-state index contributed by atoms with van der Waals surface area (Å²) in [5, 5.41) is 8.62. The summed E-state index contributed by atoms with van der Waals surface area (Å²) < 4.78 is 13.0. The molecule has 2 aliphatic rings. The number of ether oxygens (including phenoxy) is 1. The monoisotopic (exact) mass is 344 g/mol. The number of aromatic nitrogens is 3. The van der Waals surface area contributed by atoms with E-state index in [4.69, 9.17) is 9.26 Å². The number of aryl methyl sites for hydroxylation is 3. The third-order valence-electron chi connectivity index (χ3n) is 5.44. The van der Waals surface area contributed by atoms with Gasteiger partial charge in [0.1, 0.15) is 5.76 Å². The van der Waals surface area contributed by atoms with E-state index in [0.717, 1.165) is 54.0 Å². The van der Waals surface area contributed by atoms with Crippen LogP contribution < -0.4 is 0 Å². The van der Waals surface area contributed by atoms with Crippen LogP contribution >= 0.6 is 0 Å². The lowest BCUT2D eigenvalue weighted by atomic mass is 9.95. The predicted molar refractivity (Wildman–Crippen MR) is 90.4 cm³/mol. The molecule has 7 nitrogen and oxygen atoms in total. The fourth-order valence-electron chi connectivity index (χ4n) is 4.05. The highest BCUT2D eigenvalue weighted by molar-refractivity contribution is 5.94. The van der Waals surface area contributed by atoms with Crippen molar-refractivity contribution in [3.05, 3.63) is 34.0 Å². The molecule has 0 N–H and O–H groups in total. The van der Waals surface area contributed by atoms with Crippen molar-refractivity contribution in [1.29, 1.82) is 0 Å². The number of fused-ring (bicyclic) bond motifs is 1. The second-order valence-corrected chi connectivity index (χ2v) is 6.94. The quantitative estimate of drug-likeness (QED) is 0.834. The van der Waals surface area contributed by atoms with E-state index in [1.54, 1.807) is 0 Å². The van der Waals surface area contributed by atoms with E-state index in [0.29, 0.717) is 25.5 Å². The Hall–Kier alpha value is -2.15. The fourth-order valence-corrected chi connectivity index (χ4v) is 4.05. The van der Waals surface area contributed by atoms with Crippen LogP contribution in [0.4, 0.5) is 0 Å². The summed E-state index contributed by atoms with van der Waals surface area (Å²) in [5.41, 5.74) is 4.57. The maximum Gasteiger partial charge on any atom is 0.277 e. The van der Waals surface area contributed by atoms with Crippen molar-refractivity contribution in [2.75, 3.05) is 19.8 Å². The average Bonchev–Trinajstić information content (AvgIpc) is 3.15. The van der Waals surface area contributed by atoms with Gasteiger partial charge in [-0.15, -0.1) is 0 Å². The Morgan fingerprint density at radius 3 is 2.80 bits per heavy atom. The van der Waals surface area contributed by atoms with Gasteiger partial charge in [-0.05, 0) is 33.1 Å². The molecule has 1 amide bonds. The van der Waals surface area contributed by atoms with Gasteiger partial charge in [0.15, 0.2) is 5.69 Å². The molecule has 0 saturated carbocycles. The van der Waals surface area contributed by atoms with Crippen molar-refractivity contribution < 1.29 is 14.1 Å². The van der Waals surface area contributed by atoms with Gasteiger partial charge in [0.25, 0.3) is 5.91 Å². The molecule has 1 aliphatic heterocycles. The molecule has 7 heteroatoms. The zero-order valence-corrected chi connectivity index (χ0v) is 15.0. The molecule has 1 saturated heterocycles. The number of morpholine rings is 1. The lowest BCUT2D eigenvalue weighted by molar-refractivity contribution is -0.00360. The summed E-state index contributed by atoms with van der Waals surface area (Å²) in [6.45, 7) is 5.60. The number of nitrogens with zero attached hydrogens (tertiary/aromatic N) is 4. The van der Waals surface area contributed by atoms with E-state index < -0.39 is 0 Å². The number of rotatable bonds is 2. The smallest absolute Gasteiger partial charge is 0.277 e. The molecule has 2 aromatic rings. The first kappa shape index (κ1) is 16.3. The molecule has 1 atom stereocenters. The molecule has 0 aromatic carbocycles. The van der Waals surface area contributed by atoms with Gasteiger partial charge in [-0.3, -0.25) is 9.48 Å². The summed E-state index contributed by atoms with van der Waals surface area (Å²) in [4.78, 5) is 15.1. The summed E-state index contributed by atoms with van der Waals surface area (Å²) in [5.74, 6) is 0.830. The zero-order chi connectivity index (χ0) is 17.6. The molecule has 0 radical (unpaired) electrons. The van der Waals surface area contributed by atoms with E-state index >= 15 is 0 Å². The van der Waals surface area contributed by atoms with Crippen LogP contribution in [-0.4, -0.2) is 45.5 Å². The second-order valence-electron chi connectivity index (χ2n) is 6.94. The Morgan fingerprint density at radius 1 is 1.24 bits per heavy atom. The zero-order valence-electron chi connectivity index (χ0n) is 15.0. The van der Waals surface area contributed by atoms with Gasteiger partial charge in [0, 0.05) is 36.8 Å². The van der Waals surface area contributed by atoms with E-state index in [1.165, 1.54) is 0 Å². The van der Waals surface area contributed by atoms with E-state index in [1.807, 2.05) is 30.5 Å². The van der Waals surface area contributed by atoms with E-state index in [2.05, 4.69) is 10.3 Å². The van der Waals surface area contributed by atoms with Gasteiger partial charge in [-0.2, -0.15) is 5.10 Å². The number of hydrogen-bond donors (Lipinski definition) is 0. The normalized spacial score (nSPS) is 20.6. The van der Waals surface area contributed by atoms with Crippen molar-refractivity contribution in [2.45, 2.75) is 45.6 Å². The minimum Gasteiger partial charge on any atom is -0.377 e. The number of carbonyl (C=O) groups is 1. The number of carbonyl (C=O) groups excluding carboxylic acids is 1. The van der Waals surface area contributed by atoms with Gasteiger partial charge in [0.05, 0.1) is 24.9 Å². The molecule has 1 unspecified atom stereocenters. The van der Waals surface area contributed by atoms with Crippen molar-refractivity contribution in [1.82, 2.24) is 19.8 Å². The molecule has 2 aromatic heterocycles. The molecule has 1 fully saturated rings. The Kier molecular flexibility index (Phi) is 4.11. The molecular formula is C18H24N4O3. The molecule has 4 rings (SSSR count). The Labute approximate surface area is 146 Å². The van der Waals surface area contributed by atoms with Crippen LogP contribution in [0.5, 0.6) is 0 Å². The van der Waals surface area contributed by atoms with Crippen LogP contribution in [0.2, 0.25) is 0 Å². The molecule has 25 heavy (non-hydrogen) atoms. The van der Waals surface area contributed by atoms with Gasteiger partial charge in [0.2, 0.25) is 0 Å². The molecule has 1 aliphatic carbocycles. The van der Waals surface area contributed by atoms with Gasteiger partial charge >= 0.3 is 0 Å². The van der Waals surface area contributed by atoms with Crippen LogP contribution in [0, 0.1) is 13.8 Å². The number of hydrogen-bond acceptors (Lipinski definition) is 5. The van der Waals surface area contributed by atoms with Crippen molar-refractivity contribution >= 4 is 5.91 Å². The highest BCUT2D eigenvalue weighted by Gasteiger charge is 2.36. The molecule has 134 valence electrons. The van der Waals surface area contributed by atoms with Crippen molar-refractivity contribution in [3.8, 4) is 0 Å². The minimum atomic E-state index is -0.133. The van der Waals surface area contributed by atoms with Gasteiger partial charge in [-0.25, -0.2) is 0 Å². The topological polar surface area (TPSA) is 73.4 Å². The van der Waals surface area contributed by atoms with Crippen molar-refractivity contribution in [2.24, 2.45) is 7.05 Å². The Balaban J connectivity index is 1.69. The summed E-state index contributed by atoms with van der Waals surface area (Å²) >= 11 is 0. The highest BCUT2D eigenvalue weighted by Crippen LogP contribution is 2.32. The van der Waals surface area contributed by atoms with Crippen molar-refractivity contribution in [3.63, 3.8) is 0 Å². The van der Waals surface area contributed by atoms with Crippen LogP contribution in [0.15, 0.2) is 4.52 Å². The summed E-state index contributed by atoms with van der Waals surface area (Å²) in [6.07, 6.45) is 3.94. The third kappa shape index (κ3) is 2.66. The second kappa shape index (κ2) is 6.29. The third-order valence-corrected chi connectivity index (χ3v) is 5.44. The minimum absolute atomic E-state index is 0.0529. The molecule has 0 bridgehead atoms. The first-order valence-corrected chi connectivity index (χ1v) is 8.94. The maximum atomic E-state index is 13.3. The van der Waals surface area contributed by atoms with Crippen LogP contribution in [0.25, 0.3) is 0 Å². The Bertz CT molecular complexity index is 808. The fraction of sp³-hybridized carbons (Fsp3) is 0.611. The first-order valence-electron chi connectivity index (χ1n) is 8.94. The molecular weight excluding hydrogens is 320 g/mol. The predicted octanol–water partition coefficient (Wildman–Crippen LogP) is 2.12. The van der Waals surface area contributed by atoms with E-state index in [-0.39, 0.29) is 11.9 Å². The lowest BCUT2D eigenvalue weighted by Crippen LogP contribution is -2.44. The molecule has 0 spiro atoms. The first-order chi connectivity index (χ1) is 12.1. The van der Waals surface area contributed by atoms with Gasteiger partial charge < -0.3 is 14.2 Å². The largest absolute Gasteiger partial charge is 0.377 e.